The van der Waals surface area contributed by atoms with Gasteiger partial charge in [0.15, 0.2) is 0 Å². The predicted molar refractivity (Wildman–Crippen MR) is 76.7 cm³/mol. The lowest BCUT2D eigenvalue weighted by Gasteiger charge is -2.09. The lowest BCUT2D eigenvalue weighted by molar-refractivity contribution is 0.0945. The molecule has 6 heteroatoms. The van der Waals surface area contributed by atoms with Crippen molar-refractivity contribution in [2.75, 3.05) is 0 Å². The fourth-order valence-electron chi connectivity index (χ4n) is 1.75. The molecule has 2 rings (SSSR count). The van der Waals surface area contributed by atoms with Crippen molar-refractivity contribution >= 4 is 21.8 Å². The lowest BCUT2D eigenvalue weighted by atomic mass is 10.1. The van der Waals surface area contributed by atoms with Crippen LogP contribution in [0, 0.1) is 0 Å². The molecule has 2 aromatic rings. The molecule has 0 radical (unpaired) electrons. The van der Waals surface area contributed by atoms with E-state index in [-0.39, 0.29) is 17.9 Å². The predicted octanol–water partition coefficient (Wildman–Crippen LogP) is 2.50. The number of halogens is 1. The van der Waals surface area contributed by atoms with Crippen LogP contribution in [0.4, 0.5) is 0 Å². The van der Waals surface area contributed by atoms with E-state index in [0.29, 0.717) is 0 Å². The maximum atomic E-state index is 11.9. The van der Waals surface area contributed by atoms with Gasteiger partial charge in [-0.25, -0.2) is 0 Å². The van der Waals surface area contributed by atoms with Gasteiger partial charge in [0.05, 0.1) is 0 Å². The number of carbonyl (C=O) groups is 1. The molecule has 1 amide bonds. The van der Waals surface area contributed by atoms with Crippen molar-refractivity contribution in [3.63, 3.8) is 0 Å². The molecule has 2 aromatic carbocycles. The maximum absolute atomic E-state index is 11.9. The van der Waals surface area contributed by atoms with E-state index in [1.165, 1.54) is 0 Å². The van der Waals surface area contributed by atoms with E-state index >= 15 is 0 Å². The van der Waals surface area contributed by atoms with E-state index < -0.39 is 17.4 Å². The zero-order valence-electron chi connectivity index (χ0n) is 10.3. The standard InChI is InChI=1S/C14H12BrNO4/c15-9-3-1-2-8(4-9)7-16-14(20)13-11(18)5-10(17)6-12(13)19/h1-6,17-19H,7H2,(H,16,20). The molecule has 0 saturated heterocycles. The molecule has 0 heterocycles. The molecule has 0 fully saturated rings. The Kier molecular flexibility index (Phi) is 4.14. The summed E-state index contributed by atoms with van der Waals surface area (Å²) in [7, 11) is 0. The van der Waals surface area contributed by atoms with Crippen molar-refractivity contribution in [2.45, 2.75) is 6.54 Å². The molecule has 4 N–H and O–H groups in total. The maximum Gasteiger partial charge on any atom is 0.259 e. The summed E-state index contributed by atoms with van der Waals surface area (Å²) >= 11 is 3.32. The Morgan fingerprint density at radius 3 is 2.35 bits per heavy atom. The Morgan fingerprint density at radius 2 is 1.75 bits per heavy atom. The minimum atomic E-state index is -0.625. The number of hydrogen-bond acceptors (Lipinski definition) is 4. The Labute approximate surface area is 123 Å². The second-order valence-corrected chi connectivity index (χ2v) is 5.09. The molecule has 0 spiro atoms. The molecule has 20 heavy (non-hydrogen) atoms. The highest BCUT2D eigenvalue weighted by molar-refractivity contribution is 9.10. The van der Waals surface area contributed by atoms with Crippen LogP contribution in [0.3, 0.4) is 0 Å². The molecule has 0 aromatic heterocycles. The number of benzene rings is 2. The number of carbonyl (C=O) groups excluding carboxylic acids is 1. The quantitative estimate of drug-likeness (QED) is 0.692. The van der Waals surface area contributed by atoms with E-state index in [0.717, 1.165) is 22.2 Å². The van der Waals surface area contributed by atoms with Gasteiger partial charge in [-0.2, -0.15) is 0 Å². The molecule has 0 unspecified atom stereocenters. The normalized spacial score (nSPS) is 10.2. The van der Waals surface area contributed by atoms with Crippen molar-refractivity contribution in [2.24, 2.45) is 0 Å². The fraction of sp³-hybridized carbons (Fsp3) is 0.0714. The molecule has 0 atom stereocenters. The zero-order chi connectivity index (χ0) is 14.7. The van der Waals surface area contributed by atoms with Gasteiger partial charge in [0.2, 0.25) is 0 Å². The van der Waals surface area contributed by atoms with Gasteiger partial charge in [-0.1, -0.05) is 28.1 Å². The van der Waals surface area contributed by atoms with Gasteiger partial charge < -0.3 is 20.6 Å². The minimum absolute atomic E-state index is 0.248. The van der Waals surface area contributed by atoms with E-state index in [2.05, 4.69) is 21.2 Å². The van der Waals surface area contributed by atoms with Crippen LogP contribution in [0.15, 0.2) is 40.9 Å². The average Bonchev–Trinajstić information content (AvgIpc) is 2.35. The van der Waals surface area contributed by atoms with E-state index in [9.17, 15) is 20.1 Å². The first-order chi connectivity index (χ1) is 9.47. The van der Waals surface area contributed by atoms with E-state index in [4.69, 9.17) is 0 Å². The van der Waals surface area contributed by atoms with Gasteiger partial charge >= 0.3 is 0 Å². The summed E-state index contributed by atoms with van der Waals surface area (Å²) in [5, 5.41) is 31.0. The number of nitrogens with one attached hydrogen (secondary N) is 1. The second kappa shape index (κ2) is 5.83. The first-order valence-electron chi connectivity index (χ1n) is 5.75. The van der Waals surface area contributed by atoms with Crippen LogP contribution in [0.1, 0.15) is 15.9 Å². The highest BCUT2D eigenvalue weighted by atomic mass is 79.9. The first-order valence-corrected chi connectivity index (χ1v) is 6.54. The summed E-state index contributed by atoms with van der Waals surface area (Å²) in [4.78, 5) is 11.9. The zero-order valence-corrected chi connectivity index (χ0v) is 11.9. The summed E-state index contributed by atoms with van der Waals surface area (Å²) in [6.45, 7) is 0.248. The van der Waals surface area contributed by atoms with Crippen LogP contribution in [0.2, 0.25) is 0 Å². The minimum Gasteiger partial charge on any atom is -0.508 e. The van der Waals surface area contributed by atoms with Gasteiger partial charge in [-0.15, -0.1) is 0 Å². The fourth-order valence-corrected chi connectivity index (χ4v) is 2.19. The number of aromatic hydroxyl groups is 3. The van der Waals surface area contributed by atoms with Crippen LogP contribution in [-0.2, 0) is 6.54 Å². The molecule has 0 bridgehead atoms. The SMILES string of the molecule is O=C(NCc1cccc(Br)c1)c1c(O)cc(O)cc1O. The Hall–Kier alpha value is -2.21. The second-order valence-electron chi connectivity index (χ2n) is 4.17. The summed E-state index contributed by atoms with van der Waals surface area (Å²) in [6, 6.07) is 9.36. The molecule has 104 valence electrons. The molecule has 0 aliphatic rings. The molecule has 0 aliphatic heterocycles. The Morgan fingerprint density at radius 1 is 1.10 bits per heavy atom. The van der Waals surface area contributed by atoms with Crippen molar-refractivity contribution in [3.05, 3.63) is 52.0 Å². The van der Waals surface area contributed by atoms with Crippen LogP contribution in [0.25, 0.3) is 0 Å². The molecular formula is C14H12BrNO4. The van der Waals surface area contributed by atoms with Gasteiger partial charge in [-0.05, 0) is 17.7 Å². The van der Waals surface area contributed by atoms with E-state index in [1.54, 1.807) is 0 Å². The summed E-state index contributed by atoms with van der Waals surface area (Å²) in [5.41, 5.74) is 0.600. The first kappa shape index (κ1) is 14.2. The third-order valence-corrected chi connectivity index (χ3v) is 3.14. The Balaban J connectivity index is 2.13. The van der Waals surface area contributed by atoms with Gasteiger partial charge in [0.25, 0.3) is 5.91 Å². The van der Waals surface area contributed by atoms with Crippen molar-refractivity contribution in [3.8, 4) is 17.2 Å². The molecule has 0 aliphatic carbocycles. The van der Waals surface area contributed by atoms with Crippen molar-refractivity contribution in [1.29, 1.82) is 0 Å². The summed E-state index contributed by atoms with van der Waals surface area (Å²) in [6.07, 6.45) is 0. The van der Waals surface area contributed by atoms with Gasteiger partial charge in [0, 0.05) is 23.2 Å². The lowest BCUT2D eigenvalue weighted by Crippen LogP contribution is -2.23. The van der Waals surface area contributed by atoms with Crippen LogP contribution in [0.5, 0.6) is 17.2 Å². The van der Waals surface area contributed by atoms with Crippen LogP contribution < -0.4 is 5.32 Å². The van der Waals surface area contributed by atoms with Gasteiger partial charge in [-0.3, -0.25) is 4.79 Å². The number of phenols is 3. The smallest absolute Gasteiger partial charge is 0.259 e. The molecule has 0 saturated carbocycles. The number of phenolic OH excluding ortho intramolecular Hbond substituents is 3. The summed E-state index contributed by atoms with van der Waals surface area (Å²) in [5.74, 6) is -1.90. The molecular weight excluding hydrogens is 326 g/mol. The third kappa shape index (κ3) is 3.21. The van der Waals surface area contributed by atoms with Crippen LogP contribution >= 0.6 is 15.9 Å². The number of rotatable bonds is 3. The van der Waals surface area contributed by atoms with Gasteiger partial charge in [0.1, 0.15) is 22.8 Å². The third-order valence-electron chi connectivity index (χ3n) is 2.65. The summed E-state index contributed by atoms with van der Waals surface area (Å²) < 4.78 is 0.888. The largest absolute Gasteiger partial charge is 0.508 e. The highest BCUT2D eigenvalue weighted by Gasteiger charge is 2.17. The van der Waals surface area contributed by atoms with E-state index in [1.807, 2.05) is 24.3 Å². The monoisotopic (exact) mass is 337 g/mol. The van der Waals surface area contributed by atoms with Crippen LogP contribution in [-0.4, -0.2) is 21.2 Å². The molecule has 5 nitrogen and oxygen atoms in total. The number of hydrogen-bond donors (Lipinski definition) is 4. The van der Waals surface area contributed by atoms with Crippen molar-refractivity contribution < 1.29 is 20.1 Å². The average molecular weight is 338 g/mol. The Bertz CT molecular complexity index is 634. The van der Waals surface area contributed by atoms with Crippen molar-refractivity contribution in [1.82, 2.24) is 5.32 Å². The number of amides is 1. The topological polar surface area (TPSA) is 89.8 Å². The highest BCUT2D eigenvalue weighted by Crippen LogP contribution is 2.31.